The van der Waals surface area contributed by atoms with E-state index >= 15 is 0 Å². The van der Waals surface area contributed by atoms with Crippen LogP contribution in [-0.2, 0) is 7.05 Å². The summed E-state index contributed by atoms with van der Waals surface area (Å²) >= 11 is 19.4. The molecule has 28 heavy (non-hydrogen) atoms. The van der Waals surface area contributed by atoms with Gasteiger partial charge in [-0.2, -0.15) is 0 Å². The molecule has 9 heteroatoms. The van der Waals surface area contributed by atoms with Gasteiger partial charge >= 0.3 is 0 Å². The van der Waals surface area contributed by atoms with E-state index < -0.39 is 0 Å². The molecule has 2 aromatic carbocycles. The molecular formula is C19H16Cl3N3O2S. The number of hydrogen-bond acceptors (Lipinski definition) is 5. The summed E-state index contributed by atoms with van der Waals surface area (Å²) in [5.74, 6) is 1.25. The van der Waals surface area contributed by atoms with Gasteiger partial charge in [0.05, 0.1) is 15.8 Å². The first-order valence-corrected chi connectivity index (χ1v) is 10.4. The number of rotatable bonds is 7. The number of aromatic nitrogens is 3. The molecule has 0 aliphatic heterocycles. The minimum absolute atomic E-state index is 0.114. The van der Waals surface area contributed by atoms with Crippen LogP contribution in [0.4, 0.5) is 0 Å². The first-order chi connectivity index (χ1) is 13.4. The molecule has 3 aromatic rings. The van der Waals surface area contributed by atoms with Crippen molar-refractivity contribution >= 4 is 52.3 Å². The lowest BCUT2D eigenvalue weighted by Gasteiger charge is -2.15. The first-order valence-electron chi connectivity index (χ1n) is 8.28. The average Bonchev–Trinajstić information content (AvgIpc) is 3.02. The highest BCUT2D eigenvalue weighted by Gasteiger charge is 2.19. The highest BCUT2D eigenvalue weighted by molar-refractivity contribution is 7.99. The molecule has 3 rings (SSSR count). The number of nitrogens with zero attached hydrogens (tertiary/aromatic N) is 3. The molecule has 0 N–H and O–H groups in total. The molecule has 0 spiro atoms. The van der Waals surface area contributed by atoms with Gasteiger partial charge in [-0.3, -0.25) is 4.79 Å². The fourth-order valence-electron chi connectivity index (χ4n) is 2.51. The van der Waals surface area contributed by atoms with E-state index in [2.05, 4.69) is 10.2 Å². The third-order valence-electron chi connectivity index (χ3n) is 3.94. The van der Waals surface area contributed by atoms with Gasteiger partial charge in [-0.25, -0.2) is 0 Å². The van der Waals surface area contributed by atoms with Crippen molar-refractivity contribution in [2.24, 2.45) is 7.05 Å². The predicted octanol–water partition coefficient (Wildman–Crippen LogP) is 5.89. The zero-order chi connectivity index (χ0) is 20.3. The molecule has 5 nitrogen and oxygen atoms in total. The smallest absolute Gasteiger partial charge is 0.191 e. The normalized spacial score (nSPS) is 12.0. The Hall–Kier alpha value is -1.73. The van der Waals surface area contributed by atoms with Crippen LogP contribution in [0, 0.1) is 0 Å². The number of thioether (sulfide) groups is 1. The van der Waals surface area contributed by atoms with Crippen molar-refractivity contribution in [2.75, 3.05) is 5.75 Å². The largest absolute Gasteiger partial charge is 0.481 e. The van der Waals surface area contributed by atoms with Gasteiger partial charge in [-0.1, -0.05) is 58.7 Å². The third kappa shape index (κ3) is 4.81. The van der Waals surface area contributed by atoms with Crippen LogP contribution >= 0.6 is 46.6 Å². The number of carbonyl (C=O) groups is 1. The molecule has 0 fully saturated rings. The summed E-state index contributed by atoms with van der Waals surface area (Å²) in [6.07, 6.45) is -0.367. The van der Waals surface area contributed by atoms with E-state index in [1.165, 1.54) is 11.8 Å². The molecular weight excluding hydrogens is 441 g/mol. The number of ketones is 1. The van der Waals surface area contributed by atoms with Gasteiger partial charge in [-0.05, 0) is 37.3 Å². The Morgan fingerprint density at radius 2 is 1.89 bits per heavy atom. The lowest BCUT2D eigenvalue weighted by atomic mass is 10.1. The van der Waals surface area contributed by atoms with Crippen molar-refractivity contribution in [2.45, 2.75) is 18.2 Å². The van der Waals surface area contributed by atoms with Crippen LogP contribution in [-0.4, -0.2) is 26.3 Å². The summed E-state index contributed by atoms with van der Waals surface area (Å²) in [7, 11) is 1.82. The van der Waals surface area contributed by atoms with Crippen LogP contribution in [0.3, 0.4) is 0 Å². The molecule has 0 saturated carbocycles. The van der Waals surface area contributed by atoms with Crippen LogP contribution in [0.25, 0.3) is 0 Å². The summed E-state index contributed by atoms with van der Waals surface area (Å²) in [5, 5.41) is 10.3. The van der Waals surface area contributed by atoms with Crippen molar-refractivity contribution in [1.82, 2.24) is 14.8 Å². The highest BCUT2D eigenvalue weighted by Crippen LogP contribution is 2.29. The quantitative estimate of drug-likeness (QED) is 0.328. The van der Waals surface area contributed by atoms with Gasteiger partial charge < -0.3 is 9.30 Å². The summed E-state index contributed by atoms with van der Waals surface area (Å²) in [6, 6.07) is 12.0. The number of ether oxygens (including phenoxy) is 1. The second kappa shape index (κ2) is 9.18. The van der Waals surface area contributed by atoms with Crippen molar-refractivity contribution in [3.63, 3.8) is 0 Å². The Labute approximate surface area is 182 Å². The lowest BCUT2D eigenvalue weighted by molar-refractivity contribution is 0.102. The maximum atomic E-state index is 12.4. The van der Waals surface area contributed by atoms with E-state index in [1.54, 1.807) is 34.9 Å². The van der Waals surface area contributed by atoms with Gasteiger partial charge in [0.15, 0.2) is 22.9 Å². The summed E-state index contributed by atoms with van der Waals surface area (Å²) in [4.78, 5) is 12.4. The number of carbonyl (C=O) groups excluding carboxylic acids is 1. The topological polar surface area (TPSA) is 57.0 Å². The number of hydrogen-bond donors (Lipinski definition) is 0. The SMILES string of the molecule is CC(Oc1ccccc1Cl)c1nnc(SCC(=O)c2ccc(Cl)cc2Cl)n1C. The molecule has 0 radical (unpaired) electrons. The number of Topliss-reactive ketones (excluding diaryl/α,β-unsaturated/α-hetero) is 1. The molecule has 0 aliphatic carbocycles. The molecule has 146 valence electrons. The predicted molar refractivity (Wildman–Crippen MR) is 113 cm³/mol. The van der Waals surface area contributed by atoms with Crippen molar-refractivity contribution in [1.29, 1.82) is 0 Å². The summed E-state index contributed by atoms with van der Waals surface area (Å²) in [6.45, 7) is 1.86. The molecule has 0 aliphatic rings. The Bertz CT molecular complexity index is 1010. The van der Waals surface area contributed by atoms with E-state index in [9.17, 15) is 4.79 Å². The van der Waals surface area contributed by atoms with Gasteiger partial charge in [0.2, 0.25) is 0 Å². The molecule has 0 amide bonds. The minimum Gasteiger partial charge on any atom is -0.481 e. The molecule has 0 bridgehead atoms. The van der Waals surface area contributed by atoms with Crippen LogP contribution < -0.4 is 4.74 Å². The number of para-hydroxylation sites is 1. The molecule has 1 unspecified atom stereocenters. The monoisotopic (exact) mass is 455 g/mol. The maximum absolute atomic E-state index is 12.4. The van der Waals surface area contributed by atoms with Crippen LogP contribution in [0.15, 0.2) is 47.6 Å². The maximum Gasteiger partial charge on any atom is 0.191 e. The van der Waals surface area contributed by atoms with E-state index in [4.69, 9.17) is 39.5 Å². The minimum atomic E-state index is -0.367. The van der Waals surface area contributed by atoms with E-state index in [-0.39, 0.29) is 17.6 Å². The van der Waals surface area contributed by atoms with E-state index in [0.717, 1.165) is 0 Å². The van der Waals surface area contributed by atoms with Gasteiger partial charge in [0.25, 0.3) is 0 Å². The zero-order valence-electron chi connectivity index (χ0n) is 15.0. The van der Waals surface area contributed by atoms with Crippen LogP contribution in [0.2, 0.25) is 15.1 Å². The first kappa shape index (κ1) is 21.0. The second-order valence-corrected chi connectivity index (χ2v) is 8.12. The number of halogens is 3. The molecule has 0 saturated heterocycles. The van der Waals surface area contributed by atoms with Gasteiger partial charge in [-0.15, -0.1) is 10.2 Å². The molecule has 1 aromatic heterocycles. The number of benzene rings is 2. The fourth-order valence-corrected chi connectivity index (χ4v) is 4.01. The fraction of sp³-hybridized carbons (Fsp3) is 0.211. The van der Waals surface area contributed by atoms with Crippen molar-refractivity contribution < 1.29 is 9.53 Å². The van der Waals surface area contributed by atoms with E-state index in [1.807, 2.05) is 26.1 Å². The van der Waals surface area contributed by atoms with Gasteiger partial charge in [0, 0.05) is 17.6 Å². The Morgan fingerprint density at radius 3 is 2.61 bits per heavy atom. The Morgan fingerprint density at radius 1 is 1.14 bits per heavy atom. The summed E-state index contributed by atoms with van der Waals surface area (Å²) < 4.78 is 7.68. The molecule has 1 heterocycles. The standard InChI is InChI=1S/C19H16Cl3N3O2S/c1-11(27-17-6-4-3-5-14(17)21)18-23-24-19(25(18)2)28-10-16(26)13-8-7-12(20)9-15(13)22/h3-9,11H,10H2,1-2H3. The Kier molecular flexibility index (Phi) is 6.88. The van der Waals surface area contributed by atoms with Crippen LogP contribution in [0.5, 0.6) is 5.75 Å². The van der Waals surface area contributed by atoms with Crippen molar-refractivity contribution in [3.05, 3.63) is 68.9 Å². The zero-order valence-corrected chi connectivity index (χ0v) is 18.1. The van der Waals surface area contributed by atoms with Gasteiger partial charge in [0.1, 0.15) is 5.75 Å². The van der Waals surface area contributed by atoms with Crippen LogP contribution in [0.1, 0.15) is 29.2 Å². The van der Waals surface area contributed by atoms with Crippen molar-refractivity contribution in [3.8, 4) is 5.75 Å². The Balaban J connectivity index is 1.67. The third-order valence-corrected chi connectivity index (χ3v) is 5.82. The molecule has 1 atom stereocenters. The summed E-state index contributed by atoms with van der Waals surface area (Å²) in [5.41, 5.74) is 0.427. The van der Waals surface area contributed by atoms with E-state index in [0.29, 0.717) is 37.4 Å². The lowest BCUT2D eigenvalue weighted by Crippen LogP contribution is -2.10. The highest BCUT2D eigenvalue weighted by atomic mass is 35.5. The second-order valence-electron chi connectivity index (χ2n) is 5.93. The average molecular weight is 457 g/mol.